The maximum absolute atomic E-state index is 13.2. The number of carbonyl (C=O) groups is 1. The molecule has 9 heteroatoms. The van der Waals surface area contributed by atoms with Crippen molar-refractivity contribution in [2.75, 3.05) is 12.8 Å². The van der Waals surface area contributed by atoms with Crippen molar-refractivity contribution in [1.29, 1.82) is 0 Å². The summed E-state index contributed by atoms with van der Waals surface area (Å²) in [5, 5.41) is 7.40. The van der Waals surface area contributed by atoms with E-state index in [1.165, 1.54) is 4.68 Å². The quantitative estimate of drug-likeness (QED) is 0.382. The molecule has 0 aliphatic heterocycles. The molecule has 0 unspecified atom stereocenters. The number of methoxy groups -OCH3 is 1. The summed E-state index contributed by atoms with van der Waals surface area (Å²) in [6, 6.07) is 18.6. The Morgan fingerprint density at radius 2 is 1.85 bits per heavy atom. The number of benzene rings is 2. The van der Waals surface area contributed by atoms with Crippen molar-refractivity contribution >= 4 is 40.1 Å². The molecular weight excluding hydrogens is 430 g/mol. The predicted octanol–water partition coefficient (Wildman–Crippen LogP) is 3.38. The Kier molecular flexibility index (Phi) is 5.57. The van der Waals surface area contributed by atoms with E-state index < -0.39 is 0 Å². The minimum atomic E-state index is -0.363. The fourth-order valence-electron chi connectivity index (χ4n) is 3.58. The molecule has 3 heterocycles. The fourth-order valence-corrected chi connectivity index (χ4v) is 3.58. The van der Waals surface area contributed by atoms with Gasteiger partial charge in [-0.25, -0.2) is 9.97 Å². The Labute approximate surface area is 194 Å². The molecule has 34 heavy (non-hydrogen) atoms. The molecular formula is C25H21N7O2. The van der Waals surface area contributed by atoms with Gasteiger partial charge in [-0.05, 0) is 35.9 Å². The Hall–Kier alpha value is -4.79. The van der Waals surface area contributed by atoms with E-state index >= 15 is 0 Å². The molecule has 5 rings (SSSR count). The zero-order valence-electron chi connectivity index (χ0n) is 18.3. The molecule has 0 radical (unpaired) electrons. The number of amides is 1. The van der Waals surface area contributed by atoms with E-state index in [0.717, 1.165) is 16.9 Å². The smallest absolute Gasteiger partial charge is 0.257 e. The minimum Gasteiger partial charge on any atom is -0.497 e. The van der Waals surface area contributed by atoms with Crippen molar-refractivity contribution in [2.24, 2.45) is 5.10 Å². The number of hydrogen-bond donors (Lipinski definition) is 2. The number of fused-ring (bicyclic) bond motifs is 2. The molecule has 9 nitrogen and oxygen atoms in total. The SMILES string of the molecule is COc1ccc(CNC(=O)c2c(N)n(/N=C/c3cccnc3)c3nc4ccccc4nc23)cc1. The van der Waals surface area contributed by atoms with Crippen LogP contribution in [-0.4, -0.2) is 38.9 Å². The van der Waals surface area contributed by atoms with Crippen LogP contribution < -0.4 is 15.8 Å². The van der Waals surface area contributed by atoms with E-state index in [9.17, 15) is 4.79 Å². The first-order chi connectivity index (χ1) is 16.6. The number of rotatable bonds is 6. The van der Waals surface area contributed by atoms with Gasteiger partial charge in [-0.15, -0.1) is 0 Å². The molecule has 0 aliphatic carbocycles. The zero-order chi connectivity index (χ0) is 23.5. The average Bonchev–Trinajstić information content (AvgIpc) is 3.15. The number of anilines is 1. The van der Waals surface area contributed by atoms with E-state index in [4.69, 9.17) is 10.5 Å². The summed E-state index contributed by atoms with van der Waals surface area (Å²) in [4.78, 5) is 26.7. The highest BCUT2D eigenvalue weighted by Gasteiger charge is 2.24. The topological polar surface area (TPSA) is 120 Å². The van der Waals surface area contributed by atoms with Crippen LogP contribution in [0.4, 0.5) is 5.82 Å². The molecule has 0 bridgehead atoms. The zero-order valence-corrected chi connectivity index (χ0v) is 18.3. The third-order valence-electron chi connectivity index (χ3n) is 5.32. The standard InChI is InChI=1S/C25H21N7O2/c1-34-18-10-8-16(9-11-18)14-28-25(33)21-22-24(31-20-7-3-2-6-19(20)30-22)32(23(21)26)29-15-17-5-4-12-27-13-17/h2-13,15H,14,26H2,1H3,(H,28,33)/b29-15+. The van der Waals surface area contributed by atoms with E-state index in [-0.39, 0.29) is 17.3 Å². The molecule has 5 aromatic rings. The summed E-state index contributed by atoms with van der Waals surface area (Å²) in [6.45, 7) is 0.314. The van der Waals surface area contributed by atoms with Crippen LogP contribution in [0.3, 0.4) is 0 Å². The van der Waals surface area contributed by atoms with Gasteiger partial charge >= 0.3 is 0 Å². The monoisotopic (exact) mass is 451 g/mol. The lowest BCUT2D eigenvalue weighted by Crippen LogP contribution is -2.23. The molecule has 0 fully saturated rings. The molecule has 0 saturated carbocycles. The van der Waals surface area contributed by atoms with Crippen LogP contribution in [-0.2, 0) is 6.54 Å². The molecule has 2 aromatic carbocycles. The summed E-state index contributed by atoms with van der Waals surface area (Å²) in [5.74, 6) is 0.534. The molecule has 0 saturated heterocycles. The number of pyridine rings is 1. The summed E-state index contributed by atoms with van der Waals surface area (Å²) in [6.07, 6.45) is 4.97. The maximum Gasteiger partial charge on any atom is 0.257 e. The fraction of sp³-hybridized carbons (Fsp3) is 0.0800. The van der Waals surface area contributed by atoms with Crippen LogP contribution in [0.15, 0.2) is 78.2 Å². The molecule has 0 aliphatic rings. The number of hydrogen-bond acceptors (Lipinski definition) is 7. The van der Waals surface area contributed by atoms with Crippen molar-refractivity contribution in [3.63, 3.8) is 0 Å². The Bertz CT molecular complexity index is 1510. The second-order valence-corrected chi connectivity index (χ2v) is 7.52. The van der Waals surface area contributed by atoms with E-state index in [0.29, 0.717) is 28.7 Å². The van der Waals surface area contributed by atoms with Gasteiger partial charge in [0.15, 0.2) is 5.65 Å². The lowest BCUT2D eigenvalue weighted by molar-refractivity contribution is 0.0953. The van der Waals surface area contributed by atoms with Crippen molar-refractivity contribution < 1.29 is 9.53 Å². The lowest BCUT2D eigenvalue weighted by Gasteiger charge is -2.06. The Balaban J connectivity index is 1.55. The lowest BCUT2D eigenvalue weighted by atomic mass is 10.2. The number of nitrogens with zero attached hydrogens (tertiary/aromatic N) is 5. The number of para-hydroxylation sites is 2. The van der Waals surface area contributed by atoms with Crippen molar-refractivity contribution in [3.05, 3.63) is 89.7 Å². The maximum atomic E-state index is 13.2. The van der Waals surface area contributed by atoms with Crippen molar-refractivity contribution in [1.82, 2.24) is 24.9 Å². The summed E-state index contributed by atoms with van der Waals surface area (Å²) >= 11 is 0. The van der Waals surface area contributed by atoms with Gasteiger partial charge < -0.3 is 15.8 Å². The first-order valence-electron chi connectivity index (χ1n) is 10.6. The first-order valence-corrected chi connectivity index (χ1v) is 10.6. The average molecular weight is 451 g/mol. The molecule has 0 spiro atoms. The van der Waals surface area contributed by atoms with Gasteiger partial charge in [-0.3, -0.25) is 9.78 Å². The van der Waals surface area contributed by atoms with Gasteiger partial charge in [-0.1, -0.05) is 30.3 Å². The van der Waals surface area contributed by atoms with E-state index in [1.807, 2.05) is 60.7 Å². The van der Waals surface area contributed by atoms with Crippen LogP contribution in [0, 0.1) is 0 Å². The van der Waals surface area contributed by atoms with Crippen LogP contribution >= 0.6 is 0 Å². The number of ether oxygens (including phenoxy) is 1. The van der Waals surface area contributed by atoms with Gasteiger partial charge in [0.2, 0.25) is 0 Å². The number of aromatic nitrogens is 4. The number of carbonyl (C=O) groups excluding carboxylic acids is 1. The third kappa shape index (κ3) is 4.02. The molecule has 3 N–H and O–H groups in total. The van der Waals surface area contributed by atoms with E-state index in [2.05, 4.69) is 25.4 Å². The molecule has 168 valence electrons. The Morgan fingerprint density at radius 1 is 1.09 bits per heavy atom. The van der Waals surface area contributed by atoms with Crippen LogP contribution in [0.2, 0.25) is 0 Å². The Morgan fingerprint density at radius 3 is 2.56 bits per heavy atom. The highest BCUT2D eigenvalue weighted by atomic mass is 16.5. The van der Waals surface area contributed by atoms with Crippen molar-refractivity contribution in [2.45, 2.75) is 6.54 Å². The van der Waals surface area contributed by atoms with Crippen molar-refractivity contribution in [3.8, 4) is 5.75 Å². The predicted molar refractivity (Wildman–Crippen MR) is 131 cm³/mol. The second-order valence-electron chi connectivity index (χ2n) is 7.52. The third-order valence-corrected chi connectivity index (χ3v) is 5.32. The first kappa shape index (κ1) is 21.1. The number of nitrogens with two attached hydrogens (primary N) is 1. The second kappa shape index (κ2) is 8.99. The van der Waals surface area contributed by atoms with Crippen LogP contribution in [0.25, 0.3) is 22.2 Å². The highest BCUT2D eigenvalue weighted by Crippen LogP contribution is 2.28. The largest absolute Gasteiger partial charge is 0.497 e. The van der Waals surface area contributed by atoms with Crippen LogP contribution in [0.5, 0.6) is 5.75 Å². The highest BCUT2D eigenvalue weighted by molar-refractivity contribution is 6.10. The summed E-state index contributed by atoms with van der Waals surface area (Å²) < 4.78 is 6.62. The van der Waals surface area contributed by atoms with Gasteiger partial charge in [-0.2, -0.15) is 9.78 Å². The van der Waals surface area contributed by atoms with E-state index in [1.54, 1.807) is 25.7 Å². The normalized spacial score (nSPS) is 11.3. The number of nitrogens with one attached hydrogen (secondary N) is 1. The number of nitrogen functional groups attached to an aromatic ring is 1. The van der Waals surface area contributed by atoms with Crippen LogP contribution in [0.1, 0.15) is 21.5 Å². The van der Waals surface area contributed by atoms with Gasteiger partial charge in [0.1, 0.15) is 22.6 Å². The molecule has 1 amide bonds. The summed E-state index contributed by atoms with van der Waals surface area (Å²) in [5.41, 5.74) is 10.5. The van der Waals surface area contributed by atoms with Gasteiger partial charge in [0.05, 0.1) is 24.4 Å². The van der Waals surface area contributed by atoms with Gasteiger partial charge in [0, 0.05) is 24.5 Å². The van der Waals surface area contributed by atoms with Gasteiger partial charge in [0.25, 0.3) is 5.91 Å². The molecule has 3 aromatic heterocycles. The minimum absolute atomic E-state index is 0.151. The summed E-state index contributed by atoms with van der Waals surface area (Å²) in [7, 11) is 1.61. The molecule has 0 atom stereocenters.